The first-order valence-electron chi connectivity index (χ1n) is 8.39. The van der Waals surface area contributed by atoms with Crippen molar-refractivity contribution in [3.63, 3.8) is 0 Å². The highest BCUT2D eigenvalue weighted by molar-refractivity contribution is 7.15. The van der Waals surface area contributed by atoms with E-state index in [1.807, 2.05) is 16.0 Å². The van der Waals surface area contributed by atoms with E-state index in [-0.39, 0.29) is 25.0 Å². The molecule has 7 heteroatoms. The number of imidazole rings is 1. The predicted octanol–water partition coefficient (Wildman–Crippen LogP) is 2.42. The van der Waals surface area contributed by atoms with Crippen LogP contribution in [0.3, 0.4) is 0 Å². The summed E-state index contributed by atoms with van der Waals surface area (Å²) in [4.78, 5) is 29.1. The van der Waals surface area contributed by atoms with Gasteiger partial charge < -0.3 is 10.1 Å². The van der Waals surface area contributed by atoms with Crippen LogP contribution in [0.25, 0.3) is 4.96 Å². The number of aromatic nitrogens is 2. The molecular weight excluding hydrogens is 326 g/mol. The van der Waals surface area contributed by atoms with E-state index in [1.54, 1.807) is 6.20 Å². The number of carbonyl (C=O) groups excluding carboxylic acids is 2. The van der Waals surface area contributed by atoms with E-state index < -0.39 is 5.97 Å². The smallest absolute Gasteiger partial charge is 0.312 e. The number of hydrogen-bond donors (Lipinski definition) is 1. The van der Waals surface area contributed by atoms with Crippen LogP contribution in [0.5, 0.6) is 0 Å². The first kappa shape index (κ1) is 17.0. The van der Waals surface area contributed by atoms with Gasteiger partial charge in [-0.05, 0) is 18.3 Å². The molecule has 0 aliphatic heterocycles. The fourth-order valence-electron chi connectivity index (χ4n) is 3.24. The summed E-state index contributed by atoms with van der Waals surface area (Å²) >= 11 is 1.51. The number of fused-ring (bicyclic) bond motifs is 1. The summed E-state index contributed by atoms with van der Waals surface area (Å²) in [6.45, 7) is 4.17. The molecule has 1 N–H and O–H groups in total. The molecule has 2 aromatic rings. The van der Waals surface area contributed by atoms with E-state index in [9.17, 15) is 9.59 Å². The Labute approximate surface area is 145 Å². The Morgan fingerprint density at radius 1 is 1.42 bits per heavy atom. The molecule has 24 heavy (non-hydrogen) atoms. The normalized spacial score (nSPS) is 24.0. The summed E-state index contributed by atoms with van der Waals surface area (Å²) in [5.74, 6) is 0.416. The van der Waals surface area contributed by atoms with Crippen molar-refractivity contribution in [1.82, 2.24) is 14.7 Å². The maximum Gasteiger partial charge on any atom is 0.312 e. The van der Waals surface area contributed by atoms with Crippen LogP contribution < -0.4 is 5.32 Å². The van der Waals surface area contributed by atoms with Gasteiger partial charge in [0.05, 0.1) is 12.1 Å². The summed E-state index contributed by atoms with van der Waals surface area (Å²) in [5, 5.41) is 4.93. The minimum atomic E-state index is -0.430. The van der Waals surface area contributed by atoms with E-state index in [1.165, 1.54) is 17.8 Å². The van der Waals surface area contributed by atoms with Crippen molar-refractivity contribution in [3.8, 4) is 0 Å². The summed E-state index contributed by atoms with van der Waals surface area (Å²) in [6.07, 6.45) is 7.12. The van der Waals surface area contributed by atoms with Gasteiger partial charge in [-0.15, -0.1) is 11.3 Å². The number of ether oxygens (including phenoxy) is 1. The zero-order valence-corrected chi connectivity index (χ0v) is 14.8. The lowest BCUT2D eigenvalue weighted by Gasteiger charge is -2.34. The summed E-state index contributed by atoms with van der Waals surface area (Å²) in [5.41, 5.74) is 0.655. The number of esters is 1. The summed E-state index contributed by atoms with van der Waals surface area (Å²) < 4.78 is 6.95. The van der Waals surface area contributed by atoms with Crippen LogP contribution in [-0.2, 0) is 20.7 Å². The van der Waals surface area contributed by atoms with Gasteiger partial charge in [0.15, 0.2) is 11.6 Å². The van der Waals surface area contributed by atoms with Gasteiger partial charge in [-0.3, -0.25) is 14.0 Å². The number of rotatable bonds is 5. The first-order chi connectivity index (χ1) is 11.5. The molecule has 1 aliphatic carbocycles. The van der Waals surface area contributed by atoms with Crippen molar-refractivity contribution in [1.29, 1.82) is 0 Å². The molecular formula is C17H23N3O3S. The minimum absolute atomic E-state index is 0.0819. The van der Waals surface area contributed by atoms with E-state index in [0.29, 0.717) is 17.5 Å². The van der Waals surface area contributed by atoms with Crippen LogP contribution in [0.2, 0.25) is 0 Å². The SMILES string of the molecule is C[C@H]1[C@@H](C)CCC[C@H]1NC(=O)COC(=O)Cc1cn2ccsc2n1. The molecule has 130 valence electrons. The molecule has 1 aliphatic rings. The molecule has 0 saturated heterocycles. The van der Waals surface area contributed by atoms with Crippen molar-refractivity contribution in [2.45, 2.75) is 45.6 Å². The monoisotopic (exact) mass is 349 g/mol. The van der Waals surface area contributed by atoms with Crippen LogP contribution in [0.15, 0.2) is 17.8 Å². The molecule has 0 radical (unpaired) electrons. The Bertz CT molecular complexity index is 695. The van der Waals surface area contributed by atoms with Crippen molar-refractivity contribution >= 4 is 28.2 Å². The van der Waals surface area contributed by atoms with Gasteiger partial charge in [0.2, 0.25) is 0 Å². The van der Waals surface area contributed by atoms with E-state index in [2.05, 4.69) is 24.1 Å². The molecule has 0 aromatic carbocycles. The van der Waals surface area contributed by atoms with Crippen molar-refractivity contribution in [3.05, 3.63) is 23.5 Å². The average molecular weight is 349 g/mol. The zero-order chi connectivity index (χ0) is 17.1. The molecule has 3 rings (SSSR count). The van der Waals surface area contributed by atoms with Gasteiger partial charge in [-0.1, -0.05) is 26.7 Å². The summed E-state index contributed by atoms with van der Waals surface area (Å²) in [6, 6.07) is 0.180. The third kappa shape index (κ3) is 3.95. The fourth-order valence-corrected chi connectivity index (χ4v) is 3.96. The van der Waals surface area contributed by atoms with Gasteiger partial charge in [-0.2, -0.15) is 0 Å². The maximum atomic E-state index is 12.0. The van der Waals surface area contributed by atoms with Crippen LogP contribution in [0.4, 0.5) is 0 Å². The van der Waals surface area contributed by atoms with Crippen LogP contribution in [-0.4, -0.2) is 33.9 Å². The Balaban J connectivity index is 1.43. The topological polar surface area (TPSA) is 72.7 Å². The second kappa shape index (κ2) is 7.34. The van der Waals surface area contributed by atoms with Crippen LogP contribution in [0.1, 0.15) is 38.8 Å². The van der Waals surface area contributed by atoms with E-state index in [4.69, 9.17) is 4.74 Å². The Morgan fingerprint density at radius 3 is 3.04 bits per heavy atom. The molecule has 6 nitrogen and oxygen atoms in total. The van der Waals surface area contributed by atoms with Crippen LogP contribution in [0, 0.1) is 11.8 Å². The van der Waals surface area contributed by atoms with Crippen molar-refractivity contribution in [2.75, 3.05) is 6.61 Å². The number of nitrogens with one attached hydrogen (secondary N) is 1. The largest absolute Gasteiger partial charge is 0.455 e. The predicted molar refractivity (Wildman–Crippen MR) is 91.8 cm³/mol. The number of carbonyl (C=O) groups is 2. The van der Waals surface area contributed by atoms with Gasteiger partial charge in [0.25, 0.3) is 5.91 Å². The molecule has 1 fully saturated rings. The van der Waals surface area contributed by atoms with Gasteiger partial charge in [0, 0.05) is 23.8 Å². The summed E-state index contributed by atoms with van der Waals surface area (Å²) in [7, 11) is 0. The Morgan fingerprint density at radius 2 is 2.25 bits per heavy atom. The second-order valence-corrected chi connectivity index (χ2v) is 7.48. The number of thiazole rings is 1. The standard InChI is InChI=1S/C17H23N3O3S/c1-11-4-3-5-14(12(11)2)19-15(21)10-23-16(22)8-13-9-20-6-7-24-17(20)18-13/h6-7,9,11-12,14H,3-5,8,10H2,1-2H3,(H,19,21)/t11-,12-,14+/m0/s1. The molecule has 0 unspecified atom stereocenters. The lowest BCUT2D eigenvalue weighted by atomic mass is 9.78. The van der Waals surface area contributed by atoms with Gasteiger partial charge >= 0.3 is 5.97 Å². The minimum Gasteiger partial charge on any atom is -0.455 e. The number of hydrogen-bond acceptors (Lipinski definition) is 5. The molecule has 1 amide bonds. The van der Waals surface area contributed by atoms with Crippen molar-refractivity contribution in [2.24, 2.45) is 11.8 Å². The van der Waals surface area contributed by atoms with E-state index in [0.717, 1.165) is 17.8 Å². The molecule has 2 aromatic heterocycles. The number of amides is 1. The fraction of sp³-hybridized carbons (Fsp3) is 0.588. The molecule has 0 spiro atoms. The van der Waals surface area contributed by atoms with Gasteiger partial charge in [0.1, 0.15) is 0 Å². The second-order valence-electron chi connectivity index (χ2n) is 6.60. The highest BCUT2D eigenvalue weighted by atomic mass is 32.1. The lowest BCUT2D eigenvalue weighted by Crippen LogP contribution is -2.45. The first-order valence-corrected chi connectivity index (χ1v) is 9.27. The highest BCUT2D eigenvalue weighted by Crippen LogP contribution is 2.29. The molecule has 2 heterocycles. The van der Waals surface area contributed by atoms with Crippen LogP contribution >= 0.6 is 11.3 Å². The quantitative estimate of drug-likeness (QED) is 0.842. The highest BCUT2D eigenvalue weighted by Gasteiger charge is 2.28. The third-order valence-corrected chi connectivity index (χ3v) is 5.66. The maximum absolute atomic E-state index is 12.0. The Kier molecular flexibility index (Phi) is 5.18. The van der Waals surface area contributed by atoms with Gasteiger partial charge in [-0.25, -0.2) is 4.98 Å². The molecule has 0 bridgehead atoms. The number of nitrogens with zero attached hydrogens (tertiary/aromatic N) is 2. The van der Waals surface area contributed by atoms with Crippen molar-refractivity contribution < 1.29 is 14.3 Å². The molecule has 3 atom stereocenters. The lowest BCUT2D eigenvalue weighted by molar-refractivity contribution is -0.148. The van der Waals surface area contributed by atoms with E-state index >= 15 is 0 Å². The average Bonchev–Trinajstić information content (AvgIpc) is 3.11. The third-order valence-electron chi connectivity index (χ3n) is 4.89. The Hall–Kier alpha value is -1.89. The molecule has 1 saturated carbocycles. The zero-order valence-electron chi connectivity index (χ0n) is 14.0.